The Labute approximate surface area is 144 Å². The van der Waals surface area contributed by atoms with Gasteiger partial charge in [-0.05, 0) is 25.5 Å². The first kappa shape index (κ1) is 15.4. The molecule has 1 aliphatic rings. The van der Waals surface area contributed by atoms with Crippen LogP contribution in [0.1, 0.15) is 22.6 Å². The summed E-state index contributed by atoms with van der Waals surface area (Å²) in [7, 11) is 0. The van der Waals surface area contributed by atoms with Crippen molar-refractivity contribution < 1.29 is 14.1 Å². The summed E-state index contributed by atoms with van der Waals surface area (Å²) in [6, 6.07) is 6.96. The molecule has 0 aliphatic carbocycles. The Balaban J connectivity index is 1.55. The van der Waals surface area contributed by atoms with Gasteiger partial charge in [-0.3, -0.25) is 9.69 Å². The molecule has 1 atom stereocenters. The fourth-order valence-electron chi connectivity index (χ4n) is 3.27. The van der Waals surface area contributed by atoms with Gasteiger partial charge in [0.05, 0.1) is 12.2 Å². The number of aromatic nitrogens is 2. The molecule has 7 nitrogen and oxygen atoms in total. The number of fused-ring (bicyclic) bond motifs is 1. The zero-order valence-electron chi connectivity index (χ0n) is 14.0. The molecule has 7 heteroatoms. The number of amides is 3. The molecule has 4 rings (SSSR count). The number of aromatic amines is 1. The van der Waals surface area contributed by atoms with Gasteiger partial charge in [0.1, 0.15) is 11.8 Å². The normalized spacial score (nSPS) is 17.5. The fourth-order valence-corrected chi connectivity index (χ4v) is 3.27. The quantitative estimate of drug-likeness (QED) is 0.715. The largest absolute Gasteiger partial charge is 0.361 e. The summed E-state index contributed by atoms with van der Waals surface area (Å²) in [6.07, 6.45) is 2.34. The number of imide groups is 1. The van der Waals surface area contributed by atoms with Gasteiger partial charge < -0.3 is 14.8 Å². The smallest absolute Gasteiger partial charge is 0.325 e. The van der Waals surface area contributed by atoms with Crippen LogP contribution < -0.4 is 5.32 Å². The minimum Gasteiger partial charge on any atom is -0.361 e. The first-order valence-corrected chi connectivity index (χ1v) is 8.13. The predicted molar refractivity (Wildman–Crippen MR) is 90.8 cm³/mol. The van der Waals surface area contributed by atoms with E-state index in [2.05, 4.69) is 15.5 Å². The third kappa shape index (κ3) is 2.57. The van der Waals surface area contributed by atoms with E-state index in [1.54, 1.807) is 13.8 Å². The van der Waals surface area contributed by atoms with Crippen LogP contribution in [0, 0.1) is 13.8 Å². The van der Waals surface area contributed by atoms with Crippen molar-refractivity contribution in [2.24, 2.45) is 0 Å². The van der Waals surface area contributed by atoms with E-state index in [0.717, 1.165) is 22.0 Å². The Morgan fingerprint density at radius 3 is 2.80 bits per heavy atom. The van der Waals surface area contributed by atoms with Crippen molar-refractivity contribution in [2.75, 3.05) is 0 Å². The number of aryl methyl sites for hydroxylation is 2. The molecule has 3 amide bonds. The molecule has 0 spiro atoms. The minimum absolute atomic E-state index is 0.177. The standard InChI is InChI=1S/C18H18N4O3/c1-10-14(11(2)25-21-10)9-22-17(23)16(20-18(22)24)7-12-8-19-15-6-4-3-5-13(12)15/h3-6,8,16,19H,7,9H2,1-2H3,(H,20,24)/t16-/m0/s1. The highest BCUT2D eigenvalue weighted by molar-refractivity contribution is 6.04. The van der Waals surface area contributed by atoms with E-state index < -0.39 is 6.04 Å². The third-order valence-corrected chi connectivity index (χ3v) is 4.70. The van der Waals surface area contributed by atoms with Gasteiger partial charge in [0.2, 0.25) is 0 Å². The number of nitrogens with one attached hydrogen (secondary N) is 2. The van der Waals surface area contributed by atoms with Crippen LogP contribution in [0.25, 0.3) is 10.9 Å². The highest BCUT2D eigenvalue weighted by atomic mass is 16.5. The van der Waals surface area contributed by atoms with Crippen LogP contribution in [0.5, 0.6) is 0 Å². The van der Waals surface area contributed by atoms with Crippen molar-refractivity contribution >= 4 is 22.8 Å². The van der Waals surface area contributed by atoms with Gasteiger partial charge in [-0.2, -0.15) is 0 Å². The molecule has 0 unspecified atom stereocenters. The van der Waals surface area contributed by atoms with Crippen LogP contribution in [0.4, 0.5) is 4.79 Å². The number of carbonyl (C=O) groups excluding carboxylic acids is 2. The summed E-state index contributed by atoms with van der Waals surface area (Å²) in [5.41, 5.74) is 3.49. The third-order valence-electron chi connectivity index (χ3n) is 4.70. The average Bonchev–Trinajstić information content (AvgIpc) is 3.23. The van der Waals surface area contributed by atoms with E-state index in [4.69, 9.17) is 4.52 Å². The number of nitrogens with zero attached hydrogens (tertiary/aromatic N) is 2. The summed E-state index contributed by atoms with van der Waals surface area (Å²) >= 11 is 0. The molecule has 3 aromatic rings. The lowest BCUT2D eigenvalue weighted by Gasteiger charge is -2.12. The molecule has 0 bridgehead atoms. The number of para-hydroxylation sites is 1. The molecule has 25 heavy (non-hydrogen) atoms. The maximum Gasteiger partial charge on any atom is 0.325 e. The number of hydrogen-bond acceptors (Lipinski definition) is 4. The lowest BCUT2D eigenvalue weighted by atomic mass is 10.0. The lowest BCUT2D eigenvalue weighted by molar-refractivity contribution is -0.127. The van der Waals surface area contributed by atoms with Crippen LogP contribution in [-0.4, -0.2) is 33.0 Å². The average molecular weight is 338 g/mol. The zero-order chi connectivity index (χ0) is 17.6. The van der Waals surface area contributed by atoms with Crippen LogP contribution in [0.15, 0.2) is 35.0 Å². The van der Waals surface area contributed by atoms with E-state index in [0.29, 0.717) is 17.9 Å². The lowest BCUT2D eigenvalue weighted by Crippen LogP contribution is -2.32. The zero-order valence-corrected chi connectivity index (χ0v) is 14.0. The number of benzene rings is 1. The molecule has 3 heterocycles. The van der Waals surface area contributed by atoms with Gasteiger partial charge in [-0.1, -0.05) is 23.4 Å². The van der Waals surface area contributed by atoms with Gasteiger partial charge in [0.25, 0.3) is 5.91 Å². The molecule has 2 aromatic heterocycles. The molecular weight excluding hydrogens is 320 g/mol. The van der Waals surface area contributed by atoms with Gasteiger partial charge in [-0.25, -0.2) is 4.79 Å². The van der Waals surface area contributed by atoms with Crippen LogP contribution in [-0.2, 0) is 17.8 Å². The first-order chi connectivity index (χ1) is 12.0. The van der Waals surface area contributed by atoms with Crippen LogP contribution in [0.2, 0.25) is 0 Å². The topological polar surface area (TPSA) is 91.2 Å². The summed E-state index contributed by atoms with van der Waals surface area (Å²) in [5, 5.41) is 7.72. The highest BCUT2D eigenvalue weighted by Crippen LogP contribution is 2.23. The summed E-state index contributed by atoms with van der Waals surface area (Å²) in [6.45, 7) is 3.75. The molecule has 0 radical (unpaired) electrons. The molecule has 2 N–H and O–H groups in total. The van der Waals surface area contributed by atoms with E-state index >= 15 is 0 Å². The van der Waals surface area contributed by atoms with Crippen molar-refractivity contribution in [1.82, 2.24) is 20.4 Å². The van der Waals surface area contributed by atoms with Crippen molar-refractivity contribution in [3.8, 4) is 0 Å². The molecule has 1 aromatic carbocycles. The summed E-state index contributed by atoms with van der Waals surface area (Å²) in [5.74, 6) is 0.397. The second-order valence-electron chi connectivity index (χ2n) is 6.29. The number of urea groups is 1. The summed E-state index contributed by atoms with van der Waals surface area (Å²) in [4.78, 5) is 29.4. The SMILES string of the molecule is Cc1noc(C)c1CN1C(=O)N[C@@H](Cc2c[nH]c3ccccc23)C1=O. The summed E-state index contributed by atoms with van der Waals surface area (Å²) < 4.78 is 5.11. The van der Waals surface area contributed by atoms with Crippen LogP contribution in [0.3, 0.4) is 0 Å². The van der Waals surface area contributed by atoms with E-state index in [-0.39, 0.29) is 18.5 Å². The Morgan fingerprint density at radius 2 is 2.04 bits per heavy atom. The molecule has 128 valence electrons. The Hall–Kier alpha value is -3.09. The van der Waals surface area contributed by atoms with Crippen molar-refractivity contribution in [2.45, 2.75) is 32.9 Å². The van der Waals surface area contributed by atoms with Gasteiger partial charge in [-0.15, -0.1) is 0 Å². The Kier molecular flexibility index (Phi) is 3.56. The van der Waals surface area contributed by atoms with Crippen molar-refractivity contribution in [3.05, 3.63) is 53.0 Å². The monoisotopic (exact) mass is 338 g/mol. The maximum atomic E-state index is 12.7. The highest BCUT2D eigenvalue weighted by Gasteiger charge is 2.38. The van der Waals surface area contributed by atoms with Gasteiger partial charge >= 0.3 is 6.03 Å². The predicted octanol–water partition coefficient (Wildman–Crippen LogP) is 2.44. The fraction of sp³-hybridized carbons (Fsp3) is 0.278. The van der Waals surface area contributed by atoms with E-state index in [1.807, 2.05) is 30.5 Å². The van der Waals surface area contributed by atoms with Crippen molar-refractivity contribution in [1.29, 1.82) is 0 Å². The van der Waals surface area contributed by atoms with Crippen molar-refractivity contribution in [3.63, 3.8) is 0 Å². The number of rotatable bonds is 4. The van der Waals surface area contributed by atoms with Gasteiger partial charge in [0.15, 0.2) is 0 Å². The van der Waals surface area contributed by atoms with Crippen LogP contribution >= 0.6 is 0 Å². The van der Waals surface area contributed by atoms with E-state index in [9.17, 15) is 9.59 Å². The Bertz CT molecular complexity index is 952. The van der Waals surface area contributed by atoms with Gasteiger partial charge in [0, 0.05) is 29.1 Å². The molecular formula is C18H18N4O3. The maximum absolute atomic E-state index is 12.7. The molecule has 1 aliphatic heterocycles. The van der Waals surface area contributed by atoms with E-state index in [1.165, 1.54) is 4.90 Å². The number of hydrogen-bond donors (Lipinski definition) is 2. The molecule has 1 saturated heterocycles. The minimum atomic E-state index is -0.563. The second kappa shape index (κ2) is 5.77. The number of carbonyl (C=O) groups is 2. The molecule has 1 fully saturated rings. The number of H-pyrrole nitrogens is 1. The first-order valence-electron chi connectivity index (χ1n) is 8.13. The Morgan fingerprint density at radius 1 is 1.24 bits per heavy atom. The molecule has 0 saturated carbocycles. The second-order valence-corrected chi connectivity index (χ2v) is 6.29.